The molecule has 0 aliphatic carbocycles. The summed E-state index contributed by atoms with van der Waals surface area (Å²) in [6, 6.07) is 8.40. The summed E-state index contributed by atoms with van der Waals surface area (Å²) in [6.45, 7) is 4.15. The van der Waals surface area contributed by atoms with Crippen LogP contribution < -0.4 is 11.3 Å². The smallest absolute Gasteiger partial charge is 0.0950 e. The lowest BCUT2D eigenvalue weighted by Gasteiger charge is -2.16. The van der Waals surface area contributed by atoms with Gasteiger partial charge >= 0.3 is 0 Å². The first-order chi connectivity index (χ1) is 8.61. The van der Waals surface area contributed by atoms with Crippen LogP contribution in [0.15, 0.2) is 24.3 Å². The second-order valence-corrected chi connectivity index (χ2v) is 6.64. The van der Waals surface area contributed by atoms with Gasteiger partial charge in [-0.1, -0.05) is 18.2 Å². The van der Waals surface area contributed by atoms with Crippen molar-refractivity contribution in [2.75, 3.05) is 0 Å². The molecule has 3 nitrogen and oxygen atoms in total. The quantitative estimate of drug-likeness (QED) is 0.492. The van der Waals surface area contributed by atoms with Gasteiger partial charge in [0.1, 0.15) is 0 Å². The summed E-state index contributed by atoms with van der Waals surface area (Å²) in [6.07, 6.45) is 0.829. The highest BCUT2D eigenvalue weighted by Gasteiger charge is 2.15. The number of hydrazine groups is 1. The second kappa shape index (κ2) is 6.10. The molecule has 18 heavy (non-hydrogen) atoms. The Bertz CT molecular complexity index is 519. The second-order valence-electron chi connectivity index (χ2n) is 4.19. The number of nitrogens with two attached hydrogens (primary N) is 1. The van der Waals surface area contributed by atoms with Crippen LogP contribution in [-0.4, -0.2) is 4.98 Å². The normalized spacial score (nSPS) is 12.7. The van der Waals surface area contributed by atoms with Crippen LogP contribution in [0.4, 0.5) is 0 Å². The Labute approximate surface area is 125 Å². The largest absolute Gasteiger partial charge is 0.271 e. The molecule has 0 fully saturated rings. The van der Waals surface area contributed by atoms with E-state index in [9.17, 15) is 0 Å². The summed E-state index contributed by atoms with van der Waals surface area (Å²) in [5.41, 5.74) is 5.25. The van der Waals surface area contributed by atoms with Gasteiger partial charge in [0.25, 0.3) is 0 Å². The van der Waals surface area contributed by atoms with Gasteiger partial charge in [0.05, 0.1) is 16.7 Å². The Morgan fingerprint density at radius 1 is 1.39 bits per heavy atom. The van der Waals surface area contributed by atoms with Gasteiger partial charge in [-0.2, -0.15) is 0 Å². The maximum atomic E-state index is 5.69. The van der Waals surface area contributed by atoms with Gasteiger partial charge < -0.3 is 0 Å². The molecule has 0 amide bonds. The number of nitrogens with one attached hydrogen (secondary N) is 1. The third-order valence-electron chi connectivity index (χ3n) is 2.93. The van der Waals surface area contributed by atoms with E-state index in [4.69, 9.17) is 5.84 Å². The zero-order valence-corrected chi connectivity index (χ0v) is 13.4. The molecule has 1 heterocycles. The van der Waals surface area contributed by atoms with Crippen molar-refractivity contribution in [3.8, 4) is 0 Å². The number of thiazole rings is 1. The summed E-state index contributed by atoms with van der Waals surface area (Å²) in [5, 5.41) is 1.13. The van der Waals surface area contributed by atoms with E-state index < -0.39 is 0 Å². The summed E-state index contributed by atoms with van der Waals surface area (Å²) in [4.78, 5) is 5.85. The highest BCUT2D eigenvalue weighted by Crippen LogP contribution is 2.25. The van der Waals surface area contributed by atoms with Crippen LogP contribution >= 0.6 is 33.9 Å². The molecule has 3 N–H and O–H groups in total. The fraction of sp³-hybridized carbons (Fsp3) is 0.308. The fourth-order valence-electron chi connectivity index (χ4n) is 1.82. The zero-order valence-electron chi connectivity index (χ0n) is 10.4. The number of benzene rings is 1. The molecule has 1 atom stereocenters. The third kappa shape index (κ3) is 3.09. The lowest BCUT2D eigenvalue weighted by atomic mass is 10.1. The van der Waals surface area contributed by atoms with E-state index >= 15 is 0 Å². The number of hydrogen-bond acceptors (Lipinski definition) is 4. The molecule has 0 aliphatic rings. The van der Waals surface area contributed by atoms with Crippen LogP contribution in [0.3, 0.4) is 0 Å². The number of rotatable bonds is 4. The van der Waals surface area contributed by atoms with Gasteiger partial charge in [0.2, 0.25) is 0 Å². The Hall–Kier alpha value is -0.500. The first-order valence-corrected chi connectivity index (χ1v) is 7.64. The molecule has 0 bridgehead atoms. The van der Waals surface area contributed by atoms with E-state index in [0.717, 1.165) is 17.1 Å². The topological polar surface area (TPSA) is 50.9 Å². The predicted molar refractivity (Wildman–Crippen MR) is 84.5 cm³/mol. The molecule has 0 radical (unpaired) electrons. The highest BCUT2D eigenvalue weighted by molar-refractivity contribution is 14.1. The zero-order chi connectivity index (χ0) is 13.1. The van der Waals surface area contributed by atoms with Crippen LogP contribution in [0.25, 0.3) is 0 Å². The summed E-state index contributed by atoms with van der Waals surface area (Å²) < 4.78 is 1.23. The lowest BCUT2D eigenvalue weighted by Crippen LogP contribution is -2.30. The Morgan fingerprint density at radius 3 is 2.67 bits per heavy atom. The van der Waals surface area contributed by atoms with Crippen LogP contribution in [0.2, 0.25) is 0 Å². The van der Waals surface area contributed by atoms with Crippen molar-refractivity contribution in [3.63, 3.8) is 0 Å². The Kier molecular flexibility index (Phi) is 4.71. The number of nitrogens with zero attached hydrogens (tertiary/aromatic N) is 1. The van der Waals surface area contributed by atoms with Gasteiger partial charge in [0.15, 0.2) is 0 Å². The van der Waals surface area contributed by atoms with E-state index in [-0.39, 0.29) is 6.04 Å². The fourth-order valence-corrected chi connectivity index (χ4v) is 3.56. The molecule has 1 unspecified atom stereocenters. The number of hydrogen-bond donors (Lipinski definition) is 2. The molecule has 0 saturated carbocycles. The minimum atomic E-state index is 0.114. The van der Waals surface area contributed by atoms with Crippen molar-refractivity contribution >= 4 is 33.9 Å². The average Bonchev–Trinajstić information content (AvgIpc) is 2.66. The minimum Gasteiger partial charge on any atom is -0.271 e. The van der Waals surface area contributed by atoms with Crippen molar-refractivity contribution in [1.82, 2.24) is 10.4 Å². The molecular weight excluding hydrogens is 357 g/mol. The molecule has 0 spiro atoms. The number of aromatic nitrogens is 1. The number of halogens is 1. The third-order valence-corrected chi connectivity index (χ3v) is 5.01. The van der Waals surface area contributed by atoms with E-state index in [0.29, 0.717) is 0 Å². The molecule has 0 aliphatic heterocycles. The van der Waals surface area contributed by atoms with Crippen LogP contribution in [0, 0.1) is 17.4 Å². The monoisotopic (exact) mass is 373 g/mol. The van der Waals surface area contributed by atoms with Crippen LogP contribution in [0.5, 0.6) is 0 Å². The SMILES string of the molecule is Cc1nc(CC(NN)c2ccccc2I)sc1C. The molecular formula is C13H16IN3S. The van der Waals surface area contributed by atoms with Crippen molar-refractivity contribution in [2.45, 2.75) is 26.3 Å². The van der Waals surface area contributed by atoms with Gasteiger partial charge in [-0.25, -0.2) is 4.98 Å². The Balaban J connectivity index is 2.22. The van der Waals surface area contributed by atoms with Gasteiger partial charge in [-0.3, -0.25) is 11.3 Å². The first-order valence-electron chi connectivity index (χ1n) is 5.75. The predicted octanol–water partition coefficient (Wildman–Crippen LogP) is 3.11. The lowest BCUT2D eigenvalue weighted by molar-refractivity contribution is 0.548. The van der Waals surface area contributed by atoms with E-state index in [2.05, 4.69) is 52.1 Å². The molecule has 2 aromatic rings. The summed E-state index contributed by atoms with van der Waals surface area (Å²) >= 11 is 4.09. The van der Waals surface area contributed by atoms with Crippen LogP contribution in [-0.2, 0) is 6.42 Å². The minimum absolute atomic E-state index is 0.114. The molecule has 1 aromatic carbocycles. The van der Waals surface area contributed by atoms with Crippen LogP contribution in [0.1, 0.15) is 27.2 Å². The molecule has 1 aromatic heterocycles. The highest BCUT2D eigenvalue weighted by atomic mass is 127. The van der Waals surface area contributed by atoms with E-state index in [1.54, 1.807) is 11.3 Å². The van der Waals surface area contributed by atoms with Crippen molar-refractivity contribution in [2.24, 2.45) is 5.84 Å². The maximum Gasteiger partial charge on any atom is 0.0950 e. The van der Waals surface area contributed by atoms with E-state index in [1.165, 1.54) is 14.0 Å². The van der Waals surface area contributed by atoms with Crippen molar-refractivity contribution in [1.29, 1.82) is 0 Å². The summed E-state index contributed by atoms with van der Waals surface area (Å²) in [7, 11) is 0. The van der Waals surface area contributed by atoms with Gasteiger partial charge in [0, 0.05) is 14.9 Å². The number of aryl methyl sites for hydroxylation is 2. The average molecular weight is 373 g/mol. The molecule has 0 saturated heterocycles. The van der Waals surface area contributed by atoms with E-state index in [1.807, 2.05) is 19.1 Å². The molecule has 5 heteroatoms. The standard InChI is InChI=1S/C13H16IN3S/c1-8-9(2)18-13(16-8)7-12(17-15)10-5-3-4-6-11(10)14/h3-6,12,17H,7,15H2,1-2H3. The summed E-state index contributed by atoms with van der Waals surface area (Å²) in [5.74, 6) is 5.69. The van der Waals surface area contributed by atoms with Gasteiger partial charge in [-0.15, -0.1) is 11.3 Å². The first kappa shape index (κ1) is 13.9. The van der Waals surface area contributed by atoms with Gasteiger partial charge in [-0.05, 0) is 48.1 Å². The van der Waals surface area contributed by atoms with Crippen molar-refractivity contribution < 1.29 is 0 Å². The maximum absolute atomic E-state index is 5.69. The Morgan fingerprint density at radius 2 is 2.11 bits per heavy atom. The molecule has 96 valence electrons. The molecule has 2 rings (SSSR count). The van der Waals surface area contributed by atoms with Crippen molar-refractivity contribution in [3.05, 3.63) is 49.0 Å².